The van der Waals surface area contributed by atoms with Crippen molar-refractivity contribution in [3.8, 4) is 0 Å². The van der Waals surface area contributed by atoms with Crippen molar-refractivity contribution in [2.75, 3.05) is 0 Å². The van der Waals surface area contributed by atoms with Crippen LogP contribution in [0.5, 0.6) is 0 Å². The first kappa shape index (κ1) is 13.5. The second-order valence-electron chi connectivity index (χ2n) is 4.73. The predicted octanol–water partition coefficient (Wildman–Crippen LogP) is 3.40. The summed E-state index contributed by atoms with van der Waals surface area (Å²) in [7, 11) is 0. The molecule has 0 aliphatic heterocycles. The molecule has 0 saturated heterocycles. The maximum atomic E-state index is 12.7. The first-order valence-corrected chi connectivity index (χ1v) is 6.29. The van der Waals surface area contributed by atoms with E-state index in [2.05, 4.69) is 4.98 Å². The number of H-pyrrole nitrogens is 1. The minimum atomic E-state index is -4.39. The number of nitrogens with one attached hydrogen (secondary N) is 1. The van der Waals surface area contributed by atoms with E-state index in [4.69, 9.17) is 0 Å². The van der Waals surface area contributed by atoms with Crippen LogP contribution in [0.4, 0.5) is 13.2 Å². The fraction of sp³-hybridized carbons (Fsp3) is 0.133. The van der Waals surface area contributed by atoms with Crippen molar-refractivity contribution < 1.29 is 13.2 Å². The third kappa shape index (κ3) is 2.56. The van der Waals surface area contributed by atoms with Crippen molar-refractivity contribution in [1.29, 1.82) is 0 Å². The minimum absolute atomic E-state index is 0.0900. The average Bonchev–Trinajstić information content (AvgIpc) is 2.75. The Hall–Kier alpha value is -2.50. The summed E-state index contributed by atoms with van der Waals surface area (Å²) in [6, 6.07) is 12.1. The Morgan fingerprint density at radius 3 is 2.57 bits per heavy atom. The highest BCUT2D eigenvalue weighted by Crippen LogP contribution is 2.29. The van der Waals surface area contributed by atoms with Crippen LogP contribution in [0.2, 0.25) is 0 Å². The van der Waals surface area contributed by atoms with Gasteiger partial charge in [-0.25, -0.2) is 4.79 Å². The van der Waals surface area contributed by atoms with Crippen LogP contribution >= 0.6 is 0 Å². The lowest BCUT2D eigenvalue weighted by molar-refractivity contribution is -0.137. The van der Waals surface area contributed by atoms with Crippen molar-refractivity contribution in [2.24, 2.45) is 0 Å². The van der Waals surface area contributed by atoms with Gasteiger partial charge in [0.05, 0.1) is 23.1 Å². The van der Waals surface area contributed by atoms with Gasteiger partial charge in [0, 0.05) is 0 Å². The zero-order chi connectivity index (χ0) is 15.0. The molecule has 0 spiro atoms. The molecule has 3 nitrogen and oxygen atoms in total. The molecule has 108 valence electrons. The summed E-state index contributed by atoms with van der Waals surface area (Å²) in [6.45, 7) is 0.0900. The van der Waals surface area contributed by atoms with Crippen molar-refractivity contribution in [2.45, 2.75) is 12.7 Å². The number of alkyl halides is 3. The molecule has 0 unspecified atom stereocenters. The standard InChI is InChI=1S/C15H11F3N2O/c16-15(17,18)11-5-3-4-10(8-11)9-20-13-7-2-1-6-12(13)19-14(20)21/h1-8H,9H2,(H,19,21). The molecule has 2 aromatic carbocycles. The summed E-state index contributed by atoms with van der Waals surface area (Å²) in [5.41, 5.74) is 0.701. The molecule has 0 aliphatic rings. The number of halogens is 3. The Bertz CT molecular complexity index is 846. The SMILES string of the molecule is O=c1[nH]c2ccccc2n1Cc1cccc(C(F)(F)F)c1. The van der Waals surface area contributed by atoms with Crippen molar-refractivity contribution in [1.82, 2.24) is 9.55 Å². The number of hydrogen-bond acceptors (Lipinski definition) is 1. The number of fused-ring (bicyclic) bond motifs is 1. The summed E-state index contributed by atoms with van der Waals surface area (Å²) in [5.74, 6) is 0. The topological polar surface area (TPSA) is 37.8 Å². The molecule has 0 saturated carbocycles. The quantitative estimate of drug-likeness (QED) is 0.772. The van der Waals surface area contributed by atoms with Crippen LogP contribution in [-0.4, -0.2) is 9.55 Å². The van der Waals surface area contributed by atoms with Gasteiger partial charge in [-0.05, 0) is 29.8 Å². The molecular weight excluding hydrogens is 281 g/mol. The Kier molecular flexibility index (Phi) is 3.08. The Morgan fingerprint density at radius 1 is 1.05 bits per heavy atom. The monoisotopic (exact) mass is 292 g/mol. The number of imidazole rings is 1. The molecule has 3 aromatic rings. The van der Waals surface area contributed by atoms with Crippen molar-refractivity contribution in [3.05, 3.63) is 70.1 Å². The van der Waals surface area contributed by atoms with Gasteiger partial charge in [0.1, 0.15) is 0 Å². The summed E-state index contributed by atoms with van der Waals surface area (Å²) >= 11 is 0. The third-order valence-corrected chi connectivity index (χ3v) is 3.28. The average molecular weight is 292 g/mol. The van der Waals surface area contributed by atoms with Crippen LogP contribution in [0.15, 0.2) is 53.3 Å². The minimum Gasteiger partial charge on any atom is -0.306 e. The Balaban J connectivity index is 2.03. The first-order valence-electron chi connectivity index (χ1n) is 6.29. The lowest BCUT2D eigenvalue weighted by Gasteiger charge is -2.09. The van der Waals surface area contributed by atoms with Crippen molar-refractivity contribution in [3.63, 3.8) is 0 Å². The molecule has 1 heterocycles. The molecule has 1 N–H and O–H groups in total. The van der Waals surface area contributed by atoms with Crippen LogP contribution in [0, 0.1) is 0 Å². The summed E-state index contributed by atoms with van der Waals surface area (Å²) in [6.07, 6.45) is -4.39. The van der Waals surface area contributed by atoms with Gasteiger partial charge in [-0.3, -0.25) is 4.57 Å². The maximum Gasteiger partial charge on any atom is 0.416 e. The van der Waals surface area contributed by atoms with Gasteiger partial charge in [0.15, 0.2) is 0 Å². The molecule has 0 atom stereocenters. The number of aromatic nitrogens is 2. The van der Waals surface area contributed by atoms with E-state index in [9.17, 15) is 18.0 Å². The Morgan fingerprint density at radius 2 is 1.81 bits per heavy atom. The molecule has 21 heavy (non-hydrogen) atoms. The zero-order valence-corrected chi connectivity index (χ0v) is 10.8. The van der Waals surface area contributed by atoms with Gasteiger partial charge in [-0.1, -0.05) is 24.3 Å². The van der Waals surface area contributed by atoms with E-state index in [0.29, 0.717) is 16.6 Å². The number of nitrogens with zero attached hydrogens (tertiary/aromatic N) is 1. The van der Waals surface area contributed by atoms with E-state index < -0.39 is 11.7 Å². The van der Waals surface area contributed by atoms with Gasteiger partial charge in [0.2, 0.25) is 0 Å². The molecular formula is C15H11F3N2O. The molecule has 6 heteroatoms. The predicted molar refractivity (Wildman–Crippen MR) is 73.1 cm³/mol. The smallest absolute Gasteiger partial charge is 0.306 e. The zero-order valence-electron chi connectivity index (χ0n) is 10.8. The number of hydrogen-bond donors (Lipinski definition) is 1. The highest BCUT2D eigenvalue weighted by Gasteiger charge is 2.30. The van der Waals surface area contributed by atoms with Gasteiger partial charge < -0.3 is 4.98 Å². The van der Waals surface area contributed by atoms with E-state index in [-0.39, 0.29) is 12.2 Å². The fourth-order valence-electron chi connectivity index (χ4n) is 2.29. The second kappa shape index (κ2) is 4.80. The molecule has 0 bridgehead atoms. The summed E-state index contributed by atoms with van der Waals surface area (Å²) in [5, 5.41) is 0. The second-order valence-corrected chi connectivity index (χ2v) is 4.73. The van der Waals surface area contributed by atoms with Crippen molar-refractivity contribution >= 4 is 11.0 Å². The molecule has 1 aromatic heterocycles. The molecule has 0 amide bonds. The van der Waals surface area contributed by atoms with E-state index in [0.717, 1.165) is 12.1 Å². The fourth-order valence-corrected chi connectivity index (χ4v) is 2.29. The van der Waals surface area contributed by atoms with E-state index in [1.54, 1.807) is 30.3 Å². The summed E-state index contributed by atoms with van der Waals surface area (Å²) < 4.78 is 39.5. The van der Waals surface area contributed by atoms with Gasteiger partial charge in [-0.2, -0.15) is 13.2 Å². The molecule has 3 rings (SSSR count). The van der Waals surface area contributed by atoms with E-state index >= 15 is 0 Å². The Labute approximate surface area is 117 Å². The lowest BCUT2D eigenvalue weighted by Crippen LogP contribution is -2.17. The first-order chi connectivity index (χ1) is 9.95. The largest absolute Gasteiger partial charge is 0.416 e. The van der Waals surface area contributed by atoms with Crippen LogP contribution in [0.25, 0.3) is 11.0 Å². The molecule has 0 radical (unpaired) electrons. The van der Waals surface area contributed by atoms with Crippen LogP contribution in [0.1, 0.15) is 11.1 Å². The normalized spacial score (nSPS) is 12.0. The van der Waals surface area contributed by atoms with E-state index in [1.165, 1.54) is 10.6 Å². The number of para-hydroxylation sites is 2. The van der Waals surface area contributed by atoms with E-state index in [1.807, 2.05) is 0 Å². The van der Waals surface area contributed by atoms with Crippen LogP contribution in [-0.2, 0) is 12.7 Å². The molecule has 0 fully saturated rings. The van der Waals surface area contributed by atoms with Crippen LogP contribution < -0.4 is 5.69 Å². The lowest BCUT2D eigenvalue weighted by atomic mass is 10.1. The van der Waals surface area contributed by atoms with Gasteiger partial charge in [0.25, 0.3) is 0 Å². The number of benzene rings is 2. The third-order valence-electron chi connectivity index (χ3n) is 3.28. The maximum absolute atomic E-state index is 12.7. The number of aromatic amines is 1. The van der Waals surface area contributed by atoms with Gasteiger partial charge in [-0.15, -0.1) is 0 Å². The highest BCUT2D eigenvalue weighted by molar-refractivity contribution is 5.75. The molecule has 0 aliphatic carbocycles. The highest BCUT2D eigenvalue weighted by atomic mass is 19.4. The van der Waals surface area contributed by atoms with Gasteiger partial charge >= 0.3 is 11.9 Å². The summed E-state index contributed by atoms with van der Waals surface area (Å²) in [4.78, 5) is 14.6. The van der Waals surface area contributed by atoms with Crippen LogP contribution in [0.3, 0.4) is 0 Å². The number of rotatable bonds is 2.